The van der Waals surface area contributed by atoms with Crippen molar-refractivity contribution in [2.24, 2.45) is 0 Å². The number of aromatic nitrogens is 4. The Labute approximate surface area is 168 Å². The molecule has 2 aromatic heterocycles. The molecule has 0 unspecified atom stereocenters. The Balaban J connectivity index is 1.82. The second kappa shape index (κ2) is 7.54. The predicted octanol–water partition coefficient (Wildman–Crippen LogP) is 3.24. The molecule has 0 bridgehead atoms. The summed E-state index contributed by atoms with van der Waals surface area (Å²) in [5, 5.41) is 7.54. The lowest BCUT2D eigenvalue weighted by Crippen LogP contribution is -2.25. The third-order valence-electron chi connectivity index (χ3n) is 4.80. The van der Waals surface area contributed by atoms with Crippen molar-refractivity contribution in [1.82, 2.24) is 19.7 Å². The van der Waals surface area contributed by atoms with Crippen LogP contribution in [0.25, 0.3) is 5.95 Å². The van der Waals surface area contributed by atoms with Gasteiger partial charge in [-0.1, -0.05) is 6.07 Å². The molecule has 3 aromatic rings. The lowest BCUT2D eigenvalue weighted by molar-refractivity contribution is -0.116. The van der Waals surface area contributed by atoms with E-state index in [1.165, 1.54) is 0 Å². The summed E-state index contributed by atoms with van der Waals surface area (Å²) in [6, 6.07) is 7.52. The highest BCUT2D eigenvalue weighted by molar-refractivity contribution is 5.95. The zero-order chi connectivity index (χ0) is 20.5. The molecular weight excluding hydrogens is 370 g/mol. The number of amides is 1. The second-order valence-corrected chi connectivity index (χ2v) is 7.19. The van der Waals surface area contributed by atoms with Gasteiger partial charge in [0.15, 0.2) is 11.5 Å². The molecule has 0 saturated heterocycles. The number of anilines is 1. The van der Waals surface area contributed by atoms with E-state index in [1.807, 2.05) is 39.0 Å². The number of methoxy groups -OCH3 is 1. The minimum atomic E-state index is -0.156. The van der Waals surface area contributed by atoms with Crippen molar-refractivity contribution in [2.75, 3.05) is 12.4 Å². The number of carbonyl (C=O) groups is 1. The number of rotatable bonds is 5. The van der Waals surface area contributed by atoms with Gasteiger partial charge in [-0.15, -0.1) is 0 Å². The van der Waals surface area contributed by atoms with Crippen LogP contribution in [-0.4, -0.2) is 38.9 Å². The first kappa shape index (κ1) is 18.9. The number of hydrogen-bond donors (Lipinski definition) is 1. The Morgan fingerprint density at radius 2 is 1.97 bits per heavy atom. The molecule has 0 saturated carbocycles. The molecule has 150 valence electrons. The van der Waals surface area contributed by atoms with Crippen molar-refractivity contribution in [1.29, 1.82) is 0 Å². The topological polar surface area (TPSA) is 91.2 Å². The van der Waals surface area contributed by atoms with Crippen LogP contribution < -0.4 is 14.8 Å². The summed E-state index contributed by atoms with van der Waals surface area (Å²) in [6.07, 6.45) is 3.62. The molecule has 3 heterocycles. The number of nitrogens with one attached hydrogen (secondary N) is 1. The van der Waals surface area contributed by atoms with Crippen LogP contribution in [-0.2, 0) is 4.79 Å². The summed E-state index contributed by atoms with van der Waals surface area (Å²) in [6.45, 7) is 5.86. The molecule has 1 N–H and O–H groups in total. The molecule has 1 amide bonds. The lowest BCUT2D eigenvalue weighted by Gasteiger charge is -2.25. The summed E-state index contributed by atoms with van der Waals surface area (Å²) in [4.78, 5) is 21.1. The predicted molar refractivity (Wildman–Crippen MR) is 108 cm³/mol. The highest BCUT2D eigenvalue weighted by atomic mass is 16.5. The average Bonchev–Trinajstić information content (AvgIpc) is 3.04. The molecule has 0 fully saturated rings. The molecule has 1 aliphatic heterocycles. The quantitative estimate of drug-likeness (QED) is 0.716. The van der Waals surface area contributed by atoms with Gasteiger partial charge in [-0.25, -0.2) is 9.97 Å². The fraction of sp³-hybridized carbons (Fsp3) is 0.333. The smallest absolute Gasteiger partial charge is 0.252 e. The Kier molecular flexibility index (Phi) is 4.92. The number of carbonyl (C=O) groups excluding carboxylic acids is 1. The van der Waals surface area contributed by atoms with E-state index < -0.39 is 0 Å². The van der Waals surface area contributed by atoms with E-state index in [0.29, 0.717) is 29.7 Å². The maximum atomic E-state index is 12.5. The monoisotopic (exact) mass is 393 g/mol. The standard InChI is InChI=1S/C21H23N5O3/c1-12(2)29-17-10-14(6-7-16(17)28-4)15-11-18(27)24-20-19(15)13(3)25-26(20)21-22-8-5-9-23-21/h5-10,12,15H,11H2,1-4H3,(H,24,27)/t15-/m0/s1. The van der Waals surface area contributed by atoms with Crippen LogP contribution >= 0.6 is 0 Å². The first-order valence-electron chi connectivity index (χ1n) is 9.49. The summed E-state index contributed by atoms with van der Waals surface area (Å²) in [5.74, 6) is 2.10. The molecular formula is C21H23N5O3. The van der Waals surface area contributed by atoms with Gasteiger partial charge in [0.2, 0.25) is 5.91 Å². The highest BCUT2D eigenvalue weighted by Gasteiger charge is 2.33. The largest absolute Gasteiger partial charge is 0.493 e. The summed E-state index contributed by atoms with van der Waals surface area (Å²) >= 11 is 0. The number of benzene rings is 1. The van der Waals surface area contributed by atoms with E-state index in [-0.39, 0.29) is 17.9 Å². The number of ether oxygens (including phenoxy) is 2. The normalized spacial score (nSPS) is 15.8. The van der Waals surface area contributed by atoms with Crippen LogP contribution in [0, 0.1) is 6.92 Å². The van der Waals surface area contributed by atoms with Crippen LogP contribution in [0.1, 0.15) is 43.0 Å². The van der Waals surface area contributed by atoms with E-state index in [0.717, 1.165) is 16.8 Å². The minimum absolute atomic E-state index is 0.00378. The van der Waals surface area contributed by atoms with Crippen LogP contribution in [0.4, 0.5) is 5.82 Å². The number of aryl methyl sites for hydroxylation is 1. The molecule has 1 aliphatic rings. The first-order chi connectivity index (χ1) is 14.0. The fourth-order valence-electron chi connectivity index (χ4n) is 3.63. The Morgan fingerprint density at radius 3 is 2.66 bits per heavy atom. The van der Waals surface area contributed by atoms with Crippen LogP contribution in [0.3, 0.4) is 0 Å². The molecule has 8 heteroatoms. The third kappa shape index (κ3) is 3.53. The number of hydrogen-bond acceptors (Lipinski definition) is 6. The molecule has 0 radical (unpaired) electrons. The van der Waals surface area contributed by atoms with Crippen molar-refractivity contribution in [3.05, 3.63) is 53.5 Å². The van der Waals surface area contributed by atoms with Gasteiger partial charge in [-0.3, -0.25) is 4.79 Å². The van der Waals surface area contributed by atoms with Gasteiger partial charge in [-0.05, 0) is 44.5 Å². The van der Waals surface area contributed by atoms with Crippen molar-refractivity contribution < 1.29 is 14.3 Å². The molecule has 29 heavy (non-hydrogen) atoms. The maximum absolute atomic E-state index is 12.5. The van der Waals surface area contributed by atoms with Crippen LogP contribution in [0.5, 0.6) is 11.5 Å². The zero-order valence-electron chi connectivity index (χ0n) is 16.8. The zero-order valence-corrected chi connectivity index (χ0v) is 16.8. The van der Waals surface area contributed by atoms with Gasteiger partial charge in [0.1, 0.15) is 5.82 Å². The molecule has 0 spiro atoms. The molecule has 4 rings (SSSR count). The summed E-state index contributed by atoms with van der Waals surface area (Å²) < 4.78 is 12.9. The maximum Gasteiger partial charge on any atom is 0.252 e. The van der Waals surface area contributed by atoms with E-state index in [1.54, 1.807) is 30.3 Å². The van der Waals surface area contributed by atoms with E-state index in [9.17, 15) is 4.79 Å². The van der Waals surface area contributed by atoms with Gasteiger partial charge >= 0.3 is 0 Å². The van der Waals surface area contributed by atoms with Gasteiger partial charge in [0.25, 0.3) is 5.95 Å². The van der Waals surface area contributed by atoms with Crippen molar-refractivity contribution in [2.45, 2.75) is 39.2 Å². The van der Waals surface area contributed by atoms with E-state index in [2.05, 4.69) is 20.4 Å². The second-order valence-electron chi connectivity index (χ2n) is 7.19. The van der Waals surface area contributed by atoms with Crippen molar-refractivity contribution in [3.63, 3.8) is 0 Å². The van der Waals surface area contributed by atoms with Crippen molar-refractivity contribution >= 4 is 11.7 Å². The Morgan fingerprint density at radius 1 is 1.21 bits per heavy atom. The first-order valence-corrected chi connectivity index (χ1v) is 9.49. The SMILES string of the molecule is COc1ccc([C@@H]2CC(=O)Nc3c2c(C)nn3-c2ncccn2)cc1OC(C)C. The molecule has 1 aromatic carbocycles. The van der Waals surface area contributed by atoms with E-state index >= 15 is 0 Å². The van der Waals surface area contributed by atoms with Gasteiger partial charge in [0, 0.05) is 30.3 Å². The van der Waals surface area contributed by atoms with Crippen molar-refractivity contribution in [3.8, 4) is 17.4 Å². The Bertz CT molecular complexity index is 1050. The van der Waals surface area contributed by atoms with Crippen LogP contribution in [0.15, 0.2) is 36.7 Å². The van der Waals surface area contributed by atoms with E-state index in [4.69, 9.17) is 9.47 Å². The number of fused-ring (bicyclic) bond motifs is 1. The van der Waals surface area contributed by atoms with Gasteiger partial charge in [-0.2, -0.15) is 9.78 Å². The lowest BCUT2D eigenvalue weighted by atomic mass is 9.85. The summed E-state index contributed by atoms with van der Waals surface area (Å²) in [7, 11) is 1.61. The van der Waals surface area contributed by atoms with Gasteiger partial charge < -0.3 is 14.8 Å². The molecule has 0 aliphatic carbocycles. The fourth-order valence-corrected chi connectivity index (χ4v) is 3.63. The summed E-state index contributed by atoms with van der Waals surface area (Å²) in [5.41, 5.74) is 2.74. The number of nitrogens with zero attached hydrogens (tertiary/aromatic N) is 4. The van der Waals surface area contributed by atoms with Crippen LogP contribution in [0.2, 0.25) is 0 Å². The third-order valence-corrected chi connectivity index (χ3v) is 4.80. The Hall–Kier alpha value is -3.42. The molecule has 8 nitrogen and oxygen atoms in total. The molecule has 1 atom stereocenters. The highest BCUT2D eigenvalue weighted by Crippen LogP contribution is 2.42. The average molecular weight is 393 g/mol. The minimum Gasteiger partial charge on any atom is -0.493 e. The van der Waals surface area contributed by atoms with Gasteiger partial charge in [0.05, 0.1) is 18.9 Å².